The number of carbonyl (C=O) groups is 3. The third kappa shape index (κ3) is 8.48. The van der Waals surface area contributed by atoms with Gasteiger partial charge in [0.25, 0.3) is 0 Å². The summed E-state index contributed by atoms with van der Waals surface area (Å²) >= 11 is 0. The monoisotopic (exact) mass is 385 g/mol. The summed E-state index contributed by atoms with van der Waals surface area (Å²) in [4.78, 5) is 41.5. The zero-order chi connectivity index (χ0) is 20.4. The van der Waals surface area contributed by atoms with Gasteiger partial charge in [-0.25, -0.2) is 9.59 Å². The summed E-state index contributed by atoms with van der Waals surface area (Å²) < 4.78 is 4.88. The number of guanidine groups is 1. The van der Waals surface area contributed by atoms with Crippen LogP contribution in [0.4, 0.5) is 4.79 Å². The number of nitrogens with zero attached hydrogens (tertiary/aromatic N) is 3. The summed E-state index contributed by atoms with van der Waals surface area (Å²) in [5.74, 6) is -1.82. The molecular formula is C13H23N9O5. The molecule has 14 nitrogen and oxygen atoms in total. The first kappa shape index (κ1) is 21.6. The molecule has 0 aromatic carbocycles. The molecule has 0 fully saturated rings. The average Bonchev–Trinajstić information content (AvgIpc) is 3.04. The number of carboxylic acids is 1. The number of aromatic nitrogens is 2. The first-order chi connectivity index (χ1) is 12.7. The largest absolute Gasteiger partial charge is 0.480 e. The van der Waals surface area contributed by atoms with Crippen LogP contribution in [0.25, 0.3) is 0 Å². The Hall–Kier alpha value is -3.42. The van der Waals surface area contributed by atoms with E-state index in [1.165, 1.54) is 0 Å². The number of hydrogen-bond acceptors (Lipinski definition) is 8. The van der Waals surface area contributed by atoms with Crippen molar-refractivity contribution in [1.29, 1.82) is 0 Å². The van der Waals surface area contributed by atoms with Gasteiger partial charge in [0.15, 0.2) is 11.8 Å². The molecule has 11 N–H and O–H groups in total. The van der Waals surface area contributed by atoms with E-state index in [1.54, 1.807) is 0 Å². The number of hydrogen-bond donors (Lipinski definition) is 7. The molecule has 0 aliphatic rings. The molecule has 0 aliphatic carbocycles. The number of aliphatic imine (C=N–C) groups is 1. The molecule has 1 aromatic rings. The van der Waals surface area contributed by atoms with E-state index in [0.717, 1.165) is 0 Å². The molecule has 0 spiro atoms. The zero-order valence-electron chi connectivity index (χ0n) is 14.4. The quantitative estimate of drug-likeness (QED) is 0.117. The first-order valence-corrected chi connectivity index (χ1v) is 7.88. The molecule has 0 radical (unpaired) electrons. The average molecular weight is 385 g/mol. The Morgan fingerprint density at radius 1 is 1.26 bits per heavy atom. The minimum absolute atomic E-state index is 0.0275. The number of carboxylic acid groups (broad SMARTS) is 1. The topological polar surface area (TPSA) is 251 Å². The van der Waals surface area contributed by atoms with Crippen LogP contribution in [0, 0.1) is 0 Å². The van der Waals surface area contributed by atoms with Crippen molar-refractivity contribution in [3.8, 4) is 0 Å². The van der Waals surface area contributed by atoms with E-state index in [1.807, 2.05) is 0 Å². The van der Waals surface area contributed by atoms with Crippen molar-refractivity contribution < 1.29 is 24.0 Å². The molecule has 27 heavy (non-hydrogen) atoms. The van der Waals surface area contributed by atoms with Crippen LogP contribution in [0.1, 0.15) is 37.0 Å². The number of rotatable bonds is 11. The standard InChI is InChI=1S/C13H23N9O5/c14-6(4-8(15)23)10-21-9(27-22-10)5-19-13(26)20-7(11(24)25)2-1-3-18-12(16)17/h6-7H,1-5,14H2,(H2,15,23)(H,24,25)(H4,16,17,18)(H2,19,20,26)/t6-,7-/m0/s1. The molecule has 1 aromatic heterocycles. The molecule has 0 aliphatic heterocycles. The fourth-order valence-electron chi connectivity index (χ4n) is 1.92. The summed E-state index contributed by atoms with van der Waals surface area (Å²) in [5, 5.41) is 17.4. The highest BCUT2D eigenvalue weighted by Crippen LogP contribution is 2.09. The Kier molecular flexibility index (Phi) is 8.44. The summed E-state index contributed by atoms with van der Waals surface area (Å²) in [6.45, 7) is 0.0776. The number of nitrogens with two attached hydrogens (primary N) is 4. The van der Waals surface area contributed by atoms with Crippen LogP contribution < -0.4 is 33.6 Å². The third-order valence-electron chi connectivity index (χ3n) is 3.19. The summed E-state index contributed by atoms with van der Waals surface area (Å²) in [5.41, 5.74) is 21.0. The SMILES string of the molecule is NC(=O)C[C@H](N)c1noc(CNC(=O)N[C@@H](CCCN=C(N)N)C(=O)O)n1. The van der Waals surface area contributed by atoms with E-state index < -0.39 is 30.0 Å². The van der Waals surface area contributed by atoms with Crippen LogP contribution in [-0.4, -0.2) is 51.7 Å². The lowest BCUT2D eigenvalue weighted by atomic mass is 10.1. The number of urea groups is 1. The second-order valence-corrected chi connectivity index (χ2v) is 5.49. The van der Waals surface area contributed by atoms with Gasteiger partial charge < -0.3 is 43.2 Å². The first-order valence-electron chi connectivity index (χ1n) is 7.88. The minimum atomic E-state index is -1.20. The Morgan fingerprint density at radius 2 is 1.96 bits per heavy atom. The molecule has 0 unspecified atom stereocenters. The maximum atomic E-state index is 11.8. The van der Waals surface area contributed by atoms with Crippen molar-refractivity contribution in [2.45, 2.75) is 37.9 Å². The smallest absolute Gasteiger partial charge is 0.326 e. The molecule has 0 bridgehead atoms. The molecule has 150 valence electrons. The number of carbonyl (C=O) groups excluding carboxylic acids is 2. The van der Waals surface area contributed by atoms with Crippen LogP contribution in [0.3, 0.4) is 0 Å². The van der Waals surface area contributed by atoms with E-state index in [4.69, 9.17) is 32.6 Å². The van der Waals surface area contributed by atoms with Crippen LogP contribution in [0.2, 0.25) is 0 Å². The lowest BCUT2D eigenvalue weighted by molar-refractivity contribution is -0.139. The minimum Gasteiger partial charge on any atom is -0.480 e. The maximum Gasteiger partial charge on any atom is 0.326 e. The lowest BCUT2D eigenvalue weighted by Gasteiger charge is -2.14. The van der Waals surface area contributed by atoms with E-state index >= 15 is 0 Å². The van der Waals surface area contributed by atoms with E-state index in [2.05, 4.69) is 25.8 Å². The number of nitrogens with one attached hydrogen (secondary N) is 2. The van der Waals surface area contributed by atoms with Crippen LogP contribution in [0.5, 0.6) is 0 Å². The van der Waals surface area contributed by atoms with Crippen molar-refractivity contribution in [3.05, 3.63) is 11.7 Å². The number of amides is 3. The van der Waals surface area contributed by atoms with Crippen molar-refractivity contribution in [3.63, 3.8) is 0 Å². The van der Waals surface area contributed by atoms with Crippen molar-refractivity contribution >= 4 is 23.9 Å². The summed E-state index contributed by atoms with van der Waals surface area (Å²) in [6, 6.07) is -2.69. The fourth-order valence-corrected chi connectivity index (χ4v) is 1.92. The van der Waals surface area contributed by atoms with Crippen LogP contribution in [-0.2, 0) is 16.1 Å². The van der Waals surface area contributed by atoms with Gasteiger partial charge in [-0.2, -0.15) is 4.98 Å². The highest BCUT2D eigenvalue weighted by Gasteiger charge is 2.20. The summed E-state index contributed by atoms with van der Waals surface area (Å²) in [7, 11) is 0. The molecule has 3 amide bonds. The van der Waals surface area contributed by atoms with Gasteiger partial charge in [0.1, 0.15) is 6.04 Å². The summed E-state index contributed by atoms with van der Waals surface area (Å²) in [6.07, 6.45) is 0.332. The van der Waals surface area contributed by atoms with Crippen LogP contribution in [0.15, 0.2) is 9.52 Å². The van der Waals surface area contributed by atoms with Gasteiger partial charge in [-0.3, -0.25) is 9.79 Å². The molecule has 0 saturated carbocycles. The highest BCUT2D eigenvalue weighted by atomic mass is 16.5. The Morgan fingerprint density at radius 3 is 2.56 bits per heavy atom. The second-order valence-electron chi connectivity index (χ2n) is 5.49. The molecule has 2 atom stereocenters. The van der Waals surface area contributed by atoms with Gasteiger partial charge in [-0.1, -0.05) is 5.16 Å². The Balaban J connectivity index is 2.46. The van der Waals surface area contributed by atoms with Gasteiger partial charge in [0.2, 0.25) is 11.8 Å². The highest BCUT2D eigenvalue weighted by molar-refractivity contribution is 5.82. The molecular weight excluding hydrogens is 362 g/mol. The fraction of sp³-hybridized carbons (Fsp3) is 0.538. The Labute approximate surface area is 153 Å². The third-order valence-corrected chi connectivity index (χ3v) is 3.19. The van der Waals surface area contributed by atoms with E-state index in [0.29, 0.717) is 6.42 Å². The van der Waals surface area contributed by atoms with Gasteiger partial charge in [-0.15, -0.1) is 0 Å². The normalized spacial score (nSPS) is 12.6. The van der Waals surface area contributed by atoms with Crippen molar-refractivity contribution in [1.82, 2.24) is 20.8 Å². The zero-order valence-corrected chi connectivity index (χ0v) is 14.4. The number of aliphatic carboxylic acids is 1. The van der Waals surface area contributed by atoms with Crippen molar-refractivity contribution in [2.75, 3.05) is 6.54 Å². The molecule has 1 rings (SSSR count). The Bertz CT molecular complexity index is 685. The molecule has 0 saturated heterocycles. The van der Waals surface area contributed by atoms with Gasteiger partial charge in [-0.05, 0) is 12.8 Å². The van der Waals surface area contributed by atoms with E-state index in [9.17, 15) is 14.4 Å². The van der Waals surface area contributed by atoms with Gasteiger partial charge in [0, 0.05) is 13.0 Å². The second kappa shape index (κ2) is 10.5. The molecule has 1 heterocycles. The van der Waals surface area contributed by atoms with Gasteiger partial charge >= 0.3 is 12.0 Å². The lowest BCUT2D eigenvalue weighted by Crippen LogP contribution is -2.45. The van der Waals surface area contributed by atoms with Crippen molar-refractivity contribution in [2.24, 2.45) is 27.9 Å². The van der Waals surface area contributed by atoms with Gasteiger partial charge in [0.05, 0.1) is 12.6 Å². The molecule has 14 heteroatoms. The predicted octanol–water partition coefficient (Wildman–Crippen LogP) is -2.75. The number of primary amides is 1. The maximum absolute atomic E-state index is 11.8. The van der Waals surface area contributed by atoms with Crippen LogP contribution >= 0.6 is 0 Å². The van der Waals surface area contributed by atoms with E-state index in [-0.39, 0.29) is 43.6 Å². The predicted molar refractivity (Wildman–Crippen MR) is 91.7 cm³/mol.